The second-order valence-corrected chi connectivity index (χ2v) is 17.5. The summed E-state index contributed by atoms with van der Waals surface area (Å²) in [6.07, 6.45) is 79.9. The van der Waals surface area contributed by atoms with Gasteiger partial charge < -0.3 is 0 Å². The summed E-state index contributed by atoms with van der Waals surface area (Å²) in [5.41, 5.74) is 0. The average Bonchev–Trinajstić information content (AvgIpc) is 3.26. The maximum absolute atomic E-state index is 5.07. The number of hydrogen-bond acceptors (Lipinski definition) is 0. The van der Waals surface area contributed by atoms with E-state index in [1.807, 2.05) is 6.08 Å². The Morgan fingerprint density at radius 2 is 0.433 bits per heavy atom. The lowest BCUT2D eigenvalue weighted by Crippen LogP contribution is -1.80. The highest BCUT2D eigenvalue weighted by Crippen LogP contribution is 2.13. The highest BCUT2D eigenvalue weighted by molar-refractivity contribution is 5.08. The molecule has 0 saturated carbocycles. The summed E-state index contributed by atoms with van der Waals surface area (Å²) in [5.74, 6) is 4.99. The maximum atomic E-state index is 5.07. The molecule has 0 atom stereocenters. The molecule has 0 heteroatoms. The maximum Gasteiger partial charge on any atom is -0.0162 e. The van der Waals surface area contributed by atoms with E-state index in [0.29, 0.717) is 0 Å². The Morgan fingerprint density at radius 3 is 0.600 bits per heavy atom. The van der Waals surface area contributed by atoms with Crippen molar-refractivity contribution in [3.8, 4) is 24.7 Å². The van der Waals surface area contributed by atoms with Crippen LogP contribution < -0.4 is 0 Å². The molecule has 0 fully saturated rings. The van der Waals surface area contributed by atoms with E-state index in [2.05, 4.69) is 79.0 Å². The monoisotopic (exact) mass is 837 g/mol. The number of allylic oxidation sites excluding steroid dienone is 5. The fourth-order valence-electron chi connectivity index (χ4n) is 6.93. The molecule has 0 saturated heterocycles. The Bertz CT molecular complexity index is 779. The van der Waals surface area contributed by atoms with Gasteiger partial charge in [-0.2, -0.15) is 0 Å². The van der Waals surface area contributed by atoms with Crippen LogP contribution >= 0.6 is 0 Å². The van der Waals surface area contributed by atoms with Crippen molar-refractivity contribution in [2.75, 3.05) is 0 Å². The molecule has 0 aromatic rings. The van der Waals surface area contributed by atoms with E-state index < -0.39 is 0 Å². The standard InChI is InChI=1S/C13H28.C12H26.C12H24.C12H20.C11H18/c1-3-5-7-9-11-13-12-10-8-6-4-2;3*1-3-5-7-9-11-12-10-8-6-4-2;1-3-5-7-9-11-10-8-6-4-2/h3-13H2,1-2H3;3-12H2,1-2H3;3H,1,4-12H2,2H3;1,5,7H,4,6,8-12H2,2H3;1,5,7H,4,6,8-11H2,2H3. The first-order valence-corrected chi connectivity index (χ1v) is 27.4. The van der Waals surface area contributed by atoms with Gasteiger partial charge in [-0.1, -0.05) is 316 Å². The Kier molecular flexibility index (Phi) is 87.5. The van der Waals surface area contributed by atoms with Crippen LogP contribution in [0.25, 0.3) is 0 Å². The molecule has 0 amide bonds. The van der Waals surface area contributed by atoms with Crippen LogP contribution in [0.1, 0.15) is 325 Å². The summed E-state index contributed by atoms with van der Waals surface area (Å²) >= 11 is 0. The largest absolute Gasteiger partial charge is 0.115 e. The van der Waals surface area contributed by atoms with Gasteiger partial charge in [-0.3, -0.25) is 0 Å². The van der Waals surface area contributed by atoms with Gasteiger partial charge in [0.15, 0.2) is 0 Å². The van der Waals surface area contributed by atoms with Crippen molar-refractivity contribution in [2.24, 2.45) is 0 Å². The van der Waals surface area contributed by atoms with Crippen LogP contribution in [0.3, 0.4) is 0 Å². The van der Waals surface area contributed by atoms with Crippen molar-refractivity contribution in [3.05, 3.63) is 37.0 Å². The Labute approximate surface area is 384 Å². The molecule has 0 aliphatic carbocycles. The van der Waals surface area contributed by atoms with E-state index in [-0.39, 0.29) is 0 Å². The van der Waals surface area contributed by atoms with Crippen LogP contribution in [0.15, 0.2) is 37.0 Å². The minimum absolute atomic E-state index is 1.15. The van der Waals surface area contributed by atoms with Crippen LogP contribution in [0.2, 0.25) is 0 Å². The highest BCUT2D eigenvalue weighted by Gasteiger charge is 1.93. The van der Waals surface area contributed by atoms with Gasteiger partial charge in [0.05, 0.1) is 0 Å². The van der Waals surface area contributed by atoms with Crippen LogP contribution in [-0.2, 0) is 0 Å². The minimum Gasteiger partial charge on any atom is -0.115 e. The molecule has 0 nitrogen and oxygen atoms in total. The topological polar surface area (TPSA) is 0 Å². The summed E-state index contributed by atoms with van der Waals surface area (Å²) < 4.78 is 0. The molecule has 0 unspecified atom stereocenters. The normalized spacial score (nSPS) is 10.3. The molecule has 0 spiro atoms. The van der Waals surface area contributed by atoms with Crippen molar-refractivity contribution in [3.63, 3.8) is 0 Å². The van der Waals surface area contributed by atoms with E-state index in [4.69, 9.17) is 12.8 Å². The predicted octanol–water partition coefficient (Wildman–Crippen LogP) is 22.4. The molecule has 0 aromatic heterocycles. The van der Waals surface area contributed by atoms with Crippen molar-refractivity contribution in [1.82, 2.24) is 0 Å². The molecule has 60 heavy (non-hydrogen) atoms. The average molecular weight is 838 g/mol. The van der Waals surface area contributed by atoms with E-state index in [0.717, 1.165) is 12.8 Å². The summed E-state index contributed by atoms with van der Waals surface area (Å²) in [6.45, 7) is 19.6. The van der Waals surface area contributed by atoms with Gasteiger partial charge in [-0.05, 0) is 50.7 Å². The van der Waals surface area contributed by atoms with Gasteiger partial charge in [-0.15, -0.1) is 19.4 Å². The first-order chi connectivity index (χ1) is 29.6. The second-order valence-electron chi connectivity index (χ2n) is 17.5. The summed E-state index contributed by atoms with van der Waals surface area (Å²) in [6, 6.07) is 0. The van der Waals surface area contributed by atoms with E-state index >= 15 is 0 Å². The molecule has 0 rings (SSSR count). The molecule has 0 aliphatic rings. The fourth-order valence-corrected chi connectivity index (χ4v) is 6.93. The van der Waals surface area contributed by atoms with Gasteiger partial charge in [0.1, 0.15) is 0 Å². The summed E-state index contributed by atoms with van der Waals surface area (Å²) in [5, 5.41) is 0. The molecule has 0 bridgehead atoms. The van der Waals surface area contributed by atoms with Crippen LogP contribution in [0, 0.1) is 24.7 Å². The first kappa shape index (κ1) is 67.4. The number of unbranched alkanes of at least 4 members (excludes halogenated alkanes) is 38. The van der Waals surface area contributed by atoms with E-state index in [1.54, 1.807) is 12.2 Å². The molecule has 0 N–H and O–H groups in total. The third-order valence-corrected chi connectivity index (χ3v) is 11.1. The third-order valence-electron chi connectivity index (χ3n) is 11.1. The zero-order chi connectivity index (χ0) is 45.4. The third kappa shape index (κ3) is 91.9. The predicted molar refractivity (Wildman–Crippen MR) is 284 cm³/mol. The lowest BCUT2D eigenvalue weighted by Gasteiger charge is -2.00. The zero-order valence-corrected chi connectivity index (χ0v) is 43.2. The van der Waals surface area contributed by atoms with Crippen molar-refractivity contribution in [1.29, 1.82) is 0 Å². The number of hydrogen-bond donors (Lipinski definition) is 0. The van der Waals surface area contributed by atoms with Gasteiger partial charge >= 0.3 is 0 Å². The van der Waals surface area contributed by atoms with Gasteiger partial charge in [0.2, 0.25) is 0 Å². The lowest BCUT2D eigenvalue weighted by molar-refractivity contribution is 0.554. The molecule has 0 radical (unpaired) electrons. The number of rotatable bonds is 41. The van der Waals surface area contributed by atoms with Crippen LogP contribution in [0.4, 0.5) is 0 Å². The minimum atomic E-state index is 1.15. The Hall–Kier alpha value is -1.66. The smallest absolute Gasteiger partial charge is 0.0162 e. The second kappa shape index (κ2) is 77.9. The molecule has 0 aromatic carbocycles. The Morgan fingerprint density at radius 1 is 0.267 bits per heavy atom. The van der Waals surface area contributed by atoms with Gasteiger partial charge in [-0.25, -0.2) is 0 Å². The van der Waals surface area contributed by atoms with E-state index in [1.165, 1.54) is 263 Å². The molecular formula is C60H116. The quantitative estimate of drug-likeness (QED) is 0.0327. The lowest BCUT2D eigenvalue weighted by atomic mass is 10.1. The van der Waals surface area contributed by atoms with Crippen molar-refractivity contribution < 1.29 is 0 Å². The highest BCUT2D eigenvalue weighted by atomic mass is 14.0. The fraction of sp³-hybridized carbons (Fsp3) is 0.833. The van der Waals surface area contributed by atoms with E-state index in [9.17, 15) is 0 Å². The SMILES string of the molecule is C#CC=CCCCCCCC.C#CC=CCCCCCCCC.C=CCCCCCCCCCC.CCCCCCCCCCCC.CCCCCCCCCCCCC. The molecule has 0 aliphatic heterocycles. The summed E-state index contributed by atoms with van der Waals surface area (Å²) in [7, 11) is 0. The number of terminal acetylenes is 2. The molecule has 0 heterocycles. The summed E-state index contributed by atoms with van der Waals surface area (Å²) in [4.78, 5) is 0. The molecular weight excluding hydrogens is 721 g/mol. The van der Waals surface area contributed by atoms with Crippen LogP contribution in [-0.4, -0.2) is 0 Å². The van der Waals surface area contributed by atoms with Crippen molar-refractivity contribution >= 4 is 0 Å². The van der Waals surface area contributed by atoms with Crippen molar-refractivity contribution in [2.45, 2.75) is 325 Å². The Balaban J connectivity index is -0.000000210. The molecule has 356 valence electrons. The van der Waals surface area contributed by atoms with Gasteiger partial charge in [0.25, 0.3) is 0 Å². The first-order valence-electron chi connectivity index (χ1n) is 27.4. The van der Waals surface area contributed by atoms with Gasteiger partial charge in [0, 0.05) is 0 Å². The van der Waals surface area contributed by atoms with Crippen LogP contribution in [0.5, 0.6) is 0 Å². The zero-order valence-electron chi connectivity index (χ0n) is 43.2.